The second kappa shape index (κ2) is 5.31. The number of nitroso groups, excluding NO2 is 1. The Kier molecular flexibility index (Phi) is 4.05. The number of carbonyl (C=O) groups excluding carboxylic acids is 1. The molecule has 1 N–H and O–H groups in total. The standard InChI is InChI=1S/C9H10ClN3O2/c1-13(12-15)9(14)11-6-7-2-4-8(10)5-3-7/h2-5H,6H2,1H3,(H,11,14). The Labute approximate surface area is 92.0 Å². The molecule has 0 aromatic heterocycles. The lowest BCUT2D eigenvalue weighted by atomic mass is 10.2. The summed E-state index contributed by atoms with van der Waals surface area (Å²) in [5.74, 6) is 0. The molecular formula is C9H10ClN3O2. The third-order valence-corrected chi connectivity index (χ3v) is 2.03. The van der Waals surface area contributed by atoms with Crippen molar-refractivity contribution in [3.05, 3.63) is 39.8 Å². The monoisotopic (exact) mass is 227 g/mol. The molecule has 2 amide bonds. The number of amides is 2. The van der Waals surface area contributed by atoms with Crippen LogP contribution in [0.2, 0.25) is 5.02 Å². The fraction of sp³-hybridized carbons (Fsp3) is 0.222. The smallest absolute Gasteiger partial charge is 0.332 e. The molecule has 0 saturated heterocycles. The molecule has 0 heterocycles. The van der Waals surface area contributed by atoms with Crippen molar-refractivity contribution in [2.75, 3.05) is 7.05 Å². The van der Waals surface area contributed by atoms with E-state index >= 15 is 0 Å². The van der Waals surface area contributed by atoms with E-state index in [2.05, 4.69) is 10.6 Å². The van der Waals surface area contributed by atoms with E-state index in [-0.39, 0.29) is 0 Å². The summed E-state index contributed by atoms with van der Waals surface area (Å²) in [6, 6.07) is 6.49. The van der Waals surface area contributed by atoms with Crippen LogP contribution in [0.15, 0.2) is 29.6 Å². The van der Waals surface area contributed by atoms with E-state index in [1.165, 1.54) is 7.05 Å². The zero-order valence-corrected chi connectivity index (χ0v) is 8.86. The van der Waals surface area contributed by atoms with Gasteiger partial charge in [-0.1, -0.05) is 23.7 Å². The minimum Gasteiger partial charge on any atom is -0.332 e. The van der Waals surface area contributed by atoms with Crippen molar-refractivity contribution in [3.8, 4) is 0 Å². The molecule has 80 valence electrons. The summed E-state index contributed by atoms with van der Waals surface area (Å²) in [6.07, 6.45) is 0. The number of nitrogens with one attached hydrogen (secondary N) is 1. The van der Waals surface area contributed by atoms with Gasteiger partial charge in [-0.25, -0.2) is 4.79 Å². The summed E-state index contributed by atoms with van der Waals surface area (Å²) in [6.45, 7) is 0.329. The van der Waals surface area contributed by atoms with Crippen molar-refractivity contribution < 1.29 is 4.79 Å². The van der Waals surface area contributed by atoms with Gasteiger partial charge in [0.25, 0.3) is 0 Å². The Balaban J connectivity index is 2.47. The second-order valence-electron chi connectivity index (χ2n) is 2.89. The lowest BCUT2D eigenvalue weighted by Crippen LogP contribution is -2.33. The number of carbonyl (C=O) groups is 1. The Morgan fingerprint density at radius 1 is 1.47 bits per heavy atom. The largest absolute Gasteiger partial charge is 0.340 e. The van der Waals surface area contributed by atoms with Gasteiger partial charge in [-0.2, -0.15) is 5.01 Å². The average Bonchev–Trinajstić information content (AvgIpc) is 2.26. The van der Waals surface area contributed by atoms with Crippen LogP contribution < -0.4 is 5.32 Å². The van der Waals surface area contributed by atoms with E-state index in [0.717, 1.165) is 5.56 Å². The molecule has 0 aliphatic rings. The summed E-state index contributed by atoms with van der Waals surface area (Å²) < 4.78 is 0. The quantitative estimate of drug-likeness (QED) is 0.635. The Morgan fingerprint density at radius 3 is 2.60 bits per heavy atom. The highest BCUT2D eigenvalue weighted by Gasteiger charge is 2.06. The van der Waals surface area contributed by atoms with Gasteiger partial charge in [0.05, 0.1) is 5.29 Å². The van der Waals surface area contributed by atoms with Crippen LogP contribution in [0.1, 0.15) is 5.56 Å². The Hall–Kier alpha value is -1.62. The van der Waals surface area contributed by atoms with Gasteiger partial charge in [0.1, 0.15) is 0 Å². The molecule has 15 heavy (non-hydrogen) atoms. The van der Waals surface area contributed by atoms with Gasteiger partial charge < -0.3 is 5.32 Å². The maximum Gasteiger partial charge on any atom is 0.340 e. The molecule has 6 heteroatoms. The average molecular weight is 228 g/mol. The summed E-state index contributed by atoms with van der Waals surface area (Å²) in [5.41, 5.74) is 0.895. The zero-order valence-electron chi connectivity index (χ0n) is 8.11. The van der Waals surface area contributed by atoms with Crippen LogP contribution in [-0.2, 0) is 6.54 Å². The van der Waals surface area contributed by atoms with Crippen molar-refractivity contribution >= 4 is 17.6 Å². The van der Waals surface area contributed by atoms with Crippen LogP contribution in [0.5, 0.6) is 0 Å². The van der Waals surface area contributed by atoms with Gasteiger partial charge in [0.2, 0.25) is 0 Å². The van der Waals surface area contributed by atoms with Gasteiger partial charge in [-0.15, -0.1) is 4.91 Å². The van der Waals surface area contributed by atoms with Crippen LogP contribution in [0.3, 0.4) is 0 Å². The van der Waals surface area contributed by atoms with E-state index in [0.29, 0.717) is 16.6 Å². The van der Waals surface area contributed by atoms with Crippen molar-refractivity contribution in [2.45, 2.75) is 6.54 Å². The van der Waals surface area contributed by atoms with E-state index in [9.17, 15) is 9.70 Å². The first kappa shape index (κ1) is 11.5. The molecule has 0 atom stereocenters. The maximum absolute atomic E-state index is 11.1. The summed E-state index contributed by atoms with van der Waals surface area (Å²) in [7, 11) is 1.28. The zero-order chi connectivity index (χ0) is 11.3. The molecule has 0 spiro atoms. The van der Waals surface area contributed by atoms with Crippen LogP contribution in [0, 0.1) is 4.91 Å². The molecule has 0 aliphatic heterocycles. The van der Waals surface area contributed by atoms with Crippen LogP contribution >= 0.6 is 11.6 Å². The van der Waals surface area contributed by atoms with E-state index < -0.39 is 6.03 Å². The molecule has 0 aliphatic carbocycles. The minimum absolute atomic E-state index is 0.329. The SMILES string of the molecule is CN(N=O)C(=O)NCc1ccc(Cl)cc1. The van der Waals surface area contributed by atoms with Crippen molar-refractivity contribution in [1.29, 1.82) is 0 Å². The maximum atomic E-state index is 11.1. The normalized spacial score (nSPS) is 9.47. The highest BCUT2D eigenvalue weighted by atomic mass is 35.5. The highest BCUT2D eigenvalue weighted by Crippen LogP contribution is 2.09. The fourth-order valence-electron chi connectivity index (χ4n) is 0.931. The van der Waals surface area contributed by atoms with Crippen molar-refractivity contribution in [2.24, 2.45) is 5.29 Å². The lowest BCUT2D eigenvalue weighted by molar-refractivity contribution is 0.209. The molecule has 1 aromatic carbocycles. The number of benzene rings is 1. The molecule has 0 radical (unpaired) electrons. The molecule has 0 saturated carbocycles. The van der Waals surface area contributed by atoms with Gasteiger partial charge in [-0.3, -0.25) is 0 Å². The second-order valence-corrected chi connectivity index (χ2v) is 3.33. The number of hydrogen-bond acceptors (Lipinski definition) is 3. The number of urea groups is 1. The Morgan fingerprint density at radius 2 is 2.07 bits per heavy atom. The van der Waals surface area contributed by atoms with Crippen LogP contribution in [0.4, 0.5) is 4.79 Å². The molecule has 0 fully saturated rings. The molecule has 0 bridgehead atoms. The lowest BCUT2D eigenvalue weighted by Gasteiger charge is -2.08. The predicted octanol–water partition coefficient (Wildman–Crippen LogP) is 2.16. The Bertz CT molecular complexity index is 353. The first-order valence-electron chi connectivity index (χ1n) is 4.22. The third-order valence-electron chi connectivity index (χ3n) is 1.77. The number of nitrogens with zero attached hydrogens (tertiary/aromatic N) is 2. The van der Waals surface area contributed by atoms with Gasteiger partial charge in [0, 0.05) is 18.6 Å². The van der Waals surface area contributed by atoms with Crippen molar-refractivity contribution in [3.63, 3.8) is 0 Å². The highest BCUT2D eigenvalue weighted by molar-refractivity contribution is 6.30. The molecule has 0 unspecified atom stereocenters. The van der Waals surface area contributed by atoms with E-state index in [1.807, 2.05) is 0 Å². The number of halogens is 1. The van der Waals surface area contributed by atoms with Crippen LogP contribution in [0.25, 0.3) is 0 Å². The first-order chi connectivity index (χ1) is 7.13. The first-order valence-corrected chi connectivity index (χ1v) is 4.60. The van der Waals surface area contributed by atoms with E-state index in [1.54, 1.807) is 24.3 Å². The topological polar surface area (TPSA) is 61.8 Å². The summed E-state index contributed by atoms with van der Waals surface area (Å²) in [4.78, 5) is 21.1. The number of hydrogen-bond donors (Lipinski definition) is 1. The summed E-state index contributed by atoms with van der Waals surface area (Å²) >= 11 is 5.70. The minimum atomic E-state index is -0.542. The van der Waals surface area contributed by atoms with E-state index in [4.69, 9.17) is 11.6 Å². The molecule has 1 aromatic rings. The van der Waals surface area contributed by atoms with Gasteiger partial charge in [0.15, 0.2) is 0 Å². The molecular weight excluding hydrogens is 218 g/mol. The molecule has 1 rings (SSSR count). The van der Waals surface area contributed by atoms with Crippen LogP contribution in [-0.4, -0.2) is 18.1 Å². The van der Waals surface area contributed by atoms with Crippen molar-refractivity contribution in [1.82, 2.24) is 10.3 Å². The number of rotatable bonds is 3. The van der Waals surface area contributed by atoms with Gasteiger partial charge >= 0.3 is 6.03 Å². The van der Waals surface area contributed by atoms with Gasteiger partial charge in [-0.05, 0) is 17.7 Å². The molecule has 5 nitrogen and oxygen atoms in total. The third kappa shape index (κ3) is 3.55. The summed E-state index contributed by atoms with van der Waals surface area (Å²) in [5, 5.41) is 6.31. The predicted molar refractivity (Wildman–Crippen MR) is 57.2 cm³/mol. The fourth-order valence-corrected chi connectivity index (χ4v) is 1.06.